The molecule has 1 aromatic heterocycles. The first-order valence-electron chi connectivity index (χ1n) is 10.4. The zero-order valence-corrected chi connectivity index (χ0v) is 17.7. The van der Waals surface area contributed by atoms with Gasteiger partial charge in [-0.2, -0.15) is 5.10 Å². The Labute approximate surface area is 182 Å². The lowest BCUT2D eigenvalue weighted by Gasteiger charge is -2.23. The molecule has 0 radical (unpaired) electrons. The van der Waals surface area contributed by atoms with Crippen molar-refractivity contribution in [3.63, 3.8) is 0 Å². The summed E-state index contributed by atoms with van der Waals surface area (Å²) in [6.45, 7) is 2.21. The lowest BCUT2D eigenvalue weighted by molar-refractivity contribution is -0.132. The summed E-state index contributed by atoms with van der Waals surface area (Å²) >= 11 is 0. The summed E-state index contributed by atoms with van der Waals surface area (Å²) in [7, 11) is 1.64. The molecule has 31 heavy (non-hydrogen) atoms. The molecule has 1 amide bonds. The van der Waals surface area contributed by atoms with E-state index in [2.05, 4.69) is 10.3 Å². The molecule has 1 N–H and O–H groups in total. The second kappa shape index (κ2) is 9.53. The zero-order chi connectivity index (χ0) is 21.6. The maximum atomic E-state index is 13.2. The van der Waals surface area contributed by atoms with Gasteiger partial charge in [0.2, 0.25) is 0 Å². The SMILES string of the molecule is COc1ccc(C2CC(c3ccccc3)=NN2C(=O)CNC(C)c2cccnc2)cc1. The number of carbonyl (C=O) groups is 1. The van der Waals surface area contributed by atoms with Gasteiger partial charge in [-0.3, -0.25) is 9.78 Å². The molecule has 2 atom stereocenters. The molecular formula is C25H26N4O2. The molecule has 0 spiro atoms. The van der Waals surface area contributed by atoms with Gasteiger partial charge in [-0.05, 0) is 41.8 Å². The smallest absolute Gasteiger partial charge is 0.257 e. The topological polar surface area (TPSA) is 66.8 Å². The number of carbonyl (C=O) groups excluding carboxylic acids is 1. The molecule has 6 heteroatoms. The van der Waals surface area contributed by atoms with Gasteiger partial charge in [0, 0.05) is 24.9 Å². The summed E-state index contributed by atoms with van der Waals surface area (Å²) in [5.41, 5.74) is 4.02. The van der Waals surface area contributed by atoms with Crippen LogP contribution in [0.2, 0.25) is 0 Å². The molecule has 0 saturated carbocycles. The van der Waals surface area contributed by atoms with Crippen molar-refractivity contribution in [2.24, 2.45) is 5.10 Å². The molecule has 6 nitrogen and oxygen atoms in total. The van der Waals surface area contributed by atoms with Crippen molar-refractivity contribution in [2.45, 2.75) is 25.4 Å². The Bertz CT molecular complexity index is 1040. The van der Waals surface area contributed by atoms with Gasteiger partial charge in [0.1, 0.15) is 5.75 Å². The largest absolute Gasteiger partial charge is 0.497 e. The molecule has 1 aliphatic heterocycles. The third-order valence-electron chi connectivity index (χ3n) is 5.52. The molecule has 4 rings (SSSR count). The third-order valence-corrected chi connectivity index (χ3v) is 5.52. The van der Waals surface area contributed by atoms with E-state index in [0.717, 1.165) is 28.2 Å². The highest BCUT2D eigenvalue weighted by molar-refractivity contribution is 6.03. The molecule has 0 saturated heterocycles. The number of amides is 1. The number of rotatable bonds is 7. The minimum absolute atomic E-state index is 0.0114. The zero-order valence-electron chi connectivity index (χ0n) is 17.7. The molecule has 0 aliphatic carbocycles. The van der Waals surface area contributed by atoms with Crippen LogP contribution in [0.4, 0.5) is 0 Å². The fraction of sp³-hybridized carbons (Fsp3) is 0.240. The number of methoxy groups -OCH3 is 1. The van der Waals surface area contributed by atoms with Gasteiger partial charge in [0.25, 0.3) is 5.91 Å². The van der Waals surface area contributed by atoms with Gasteiger partial charge < -0.3 is 10.1 Å². The maximum absolute atomic E-state index is 13.2. The first kappa shape index (κ1) is 20.8. The number of pyridine rings is 1. The summed E-state index contributed by atoms with van der Waals surface area (Å²) < 4.78 is 5.28. The Morgan fingerprint density at radius 1 is 1.13 bits per heavy atom. The Hall–Kier alpha value is -3.51. The van der Waals surface area contributed by atoms with Crippen LogP contribution in [-0.4, -0.2) is 35.3 Å². The van der Waals surface area contributed by atoms with Gasteiger partial charge >= 0.3 is 0 Å². The molecule has 0 bridgehead atoms. The lowest BCUT2D eigenvalue weighted by atomic mass is 9.98. The first-order chi connectivity index (χ1) is 15.2. The second-order valence-corrected chi connectivity index (χ2v) is 7.53. The molecule has 2 unspecified atom stereocenters. The maximum Gasteiger partial charge on any atom is 0.257 e. The van der Waals surface area contributed by atoms with Crippen molar-refractivity contribution in [1.29, 1.82) is 0 Å². The Morgan fingerprint density at radius 2 is 1.90 bits per heavy atom. The van der Waals surface area contributed by atoms with Crippen LogP contribution in [0.3, 0.4) is 0 Å². The Kier molecular flexibility index (Phi) is 6.38. The van der Waals surface area contributed by atoms with E-state index in [0.29, 0.717) is 6.42 Å². The van der Waals surface area contributed by atoms with Gasteiger partial charge in [-0.1, -0.05) is 48.5 Å². The van der Waals surface area contributed by atoms with Crippen LogP contribution in [0.25, 0.3) is 0 Å². The third kappa shape index (κ3) is 4.81. The van der Waals surface area contributed by atoms with E-state index in [1.54, 1.807) is 18.3 Å². The first-order valence-corrected chi connectivity index (χ1v) is 10.4. The molecule has 0 fully saturated rings. The lowest BCUT2D eigenvalue weighted by Crippen LogP contribution is -2.36. The van der Waals surface area contributed by atoms with Crippen LogP contribution in [0.5, 0.6) is 5.75 Å². The Balaban J connectivity index is 1.54. The molecule has 3 aromatic rings. The van der Waals surface area contributed by atoms with E-state index in [1.165, 1.54) is 0 Å². The average Bonchev–Trinajstić information content (AvgIpc) is 3.29. The van der Waals surface area contributed by atoms with Crippen LogP contribution in [0.15, 0.2) is 84.2 Å². The minimum Gasteiger partial charge on any atom is -0.497 e. The molecule has 2 heterocycles. The molecule has 2 aromatic carbocycles. The Morgan fingerprint density at radius 3 is 2.58 bits per heavy atom. The number of aromatic nitrogens is 1. The fourth-order valence-electron chi connectivity index (χ4n) is 3.70. The number of hydrogen-bond acceptors (Lipinski definition) is 5. The van der Waals surface area contributed by atoms with E-state index < -0.39 is 0 Å². The van der Waals surface area contributed by atoms with E-state index in [4.69, 9.17) is 9.84 Å². The standard InChI is InChI=1S/C25H26N4O2/c1-18(21-9-6-14-26-16-21)27-17-25(30)29-24(20-10-12-22(31-2)13-11-20)15-23(28-29)19-7-4-3-5-8-19/h3-14,16,18,24,27H,15,17H2,1-2H3. The predicted octanol–water partition coefficient (Wildman–Crippen LogP) is 4.12. The van der Waals surface area contributed by atoms with Crippen molar-refractivity contribution in [1.82, 2.24) is 15.3 Å². The average molecular weight is 415 g/mol. The van der Waals surface area contributed by atoms with Crippen LogP contribution in [0, 0.1) is 0 Å². The number of nitrogens with one attached hydrogen (secondary N) is 1. The van der Waals surface area contributed by atoms with Crippen LogP contribution < -0.4 is 10.1 Å². The van der Waals surface area contributed by atoms with Crippen molar-refractivity contribution in [3.8, 4) is 5.75 Å². The van der Waals surface area contributed by atoms with E-state index in [1.807, 2.05) is 79.9 Å². The van der Waals surface area contributed by atoms with Crippen LogP contribution in [0.1, 0.15) is 42.1 Å². The number of benzene rings is 2. The molecule has 158 valence electrons. The fourth-order valence-corrected chi connectivity index (χ4v) is 3.70. The summed E-state index contributed by atoms with van der Waals surface area (Å²) in [6, 6.07) is 21.6. The normalized spacial score (nSPS) is 16.6. The van der Waals surface area contributed by atoms with E-state index in [9.17, 15) is 4.79 Å². The van der Waals surface area contributed by atoms with Crippen LogP contribution in [-0.2, 0) is 4.79 Å². The van der Waals surface area contributed by atoms with Crippen molar-refractivity contribution >= 4 is 11.6 Å². The monoisotopic (exact) mass is 414 g/mol. The molecule has 1 aliphatic rings. The summed E-state index contributed by atoms with van der Waals surface area (Å²) in [4.78, 5) is 17.3. The van der Waals surface area contributed by atoms with Gasteiger partial charge in [-0.15, -0.1) is 0 Å². The highest BCUT2D eigenvalue weighted by Gasteiger charge is 2.33. The summed E-state index contributed by atoms with van der Waals surface area (Å²) in [5, 5.41) is 9.64. The van der Waals surface area contributed by atoms with Crippen molar-refractivity contribution in [3.05, 3.63) is 95.8 Å². The van der Waals surface area contributed by atoms with Crippen molar-refractivity contribution in [2.75, 3.05) is 13.7 Å². The summed E-state index contributed by atoms with van der Waals surface area (Å²) in [5.74, 6) is 0.721. The number of ether oxygens (including phenoxy) is 1. The second-order valence-electron chi connectivity index (χ2n) is 7.53. The van der Waals surface area contributed by atoms with Gasteiger partial charge in [0.05, 0.1) is 25.4 Å². The molecular weight excluding hydrogens is 388 g/mol. The quantitative estimate of drug-likeness (QED) is 0.632. The number of hydrogen-bond donors (Lipinski definition) is 1. The van der Waals surface area contributed by atoms with E-state index >= 15 is 0 Å². The van der Waals surface area contributed by atoms with Crippen LogP contribution >= 0.6 is 0 Å². The van der Waals surface area contributed by atoms with Gasteiger partial charge in [-0.25, -0.2) is 5.01 Å². The summed E-state index contributed by atoms with van der Waals surface area (Å²) in [6.07, 6.45) is 4.22. The highest BCUT2D eigenvalue weighted by Crippen LogP contribution is 2.33. The highest BCUT2D eigenvalue weighted by atomic mass is 16.5. The minimum atomic E-state index is -0.149. The predicted molar refractivity (Wildman–Crippen MR) is 121 cm³/mol. The van der Waals surface area contributed by atoms with E-state index in [-0.39, 0.29) is 24.5 Å². The van der Waals surface area contributed by atoms with Crippen molar-refractivity contribution < 1.29 is 9.53 Å². The number of hydrazone groups is 1. The number of nitrogens with zero attached hydrogens (tertiary/aromatic N) is 3. The van der Waals surface area contributed by atoms with Gasteiger partial charge in [0.15, 0.2) is 0 Å².